The van der Waals surface area contributed by atoms with Crippen LogP contribution in [0, 0.1) is 0 Å². The lowest BCUT2D eigenvalue weighted by molar-refractivity contribution is -0.142. The topological polar surface area (TPSA) is 81.6 Å². The van der Waals surface area contributed by atoms with E-state index in [1.165, 1.54) is 23.1 Å². The molecule has 9 heteroatoms. The average molecular weight is 470 g/mol. The van der Waals surface area contributed by atoms with Crippen LogP contribution < -0.4 is 9.64 Å². The van der Waals surface area contributed by atoms with Gasteiger partial charge in [-0.15, -0.1) is 10.2 Å². The monoisotopic (exact) mass is 469 g/mol. The quantitative estimate of drug-likeness (QED) is 0.479. The molecule has 0 N–H and O–H groups in total. The minimum atomic E-state index is -0.421. The maximum absolute atomic E-state index is 13.5. The fourth-order valence-corrected chi connectivity index (χ4v) is 5.79. The van der Waals surface area contributed by atoms with Crippen molar-refractivity contribution in [3.8, 4) is 16.3 Å². The van der Waals surface area contributed by atoms with Crippen LogP contribution >= 0.6 is 23.1 Å². The van der Waals surface area contributed by atoms with Gasteiger partial charge in [-0.1, -0.05) is 53.4 Å². The summed E-state index contributed by atoms with van der Waals surface area (Å²) in [4.78, 5) is 27.2. The number of amides is 1. The Morgan fingerprint density at radius 3 is 2.78 bits per heavy atom. The van der Waals surface area contributed by atoms with E-state index in [1.807, 2.05) is 48.5 Å². The number of carbonyl (C=O) groups excluding carboxylic acids is 2. The number of para-hydroxylation sites is 2. The van der Waals surface area contributed by atoms with Crippen molar-refractivity contribution in [2.75, 3.05) is 25.2 Å². The van der Waals surface area contributed by atoms with Gasteiger partial charge >= 0.3 is 5.97 Å². The molecule has 2 aromatic carbocycles. The molecule has 0 aliphatic carbocycles. The Labute approximate surface area is 194 Å². The van der Waals surface area contributed by atoms with E-state index >= 15 is 0 Å². The lowest BCUT2D eigenvalue weighted by Crippen LogP contribution is -2.41. The number of aromatic nitrogens is 2. The molecule has 32 heavy (non-hydrogen) atoms. The number of hydrogen-bond donors (Lipinski definition) is 0. The van der Waals surface area contributed by atoms with Gasteiger partial charge in [-0.25, -0.2) is 0 Å². The first-order valence-electron chi connectivity index (χ1n) is 10.3. The van der Waals surface area contributed by atoms with E-state index in [1.54, 1.807) is 18.9 Å². The standard InChI is InChI=1S/C23H23N3O4S2/c1-3-30-20(27)14-26-17-10-6-4-8-15(17)12-13-19(22(26)28)31-23-25-24-21(32-23)16-9-5-7-11-18(16)29-2/h4-11,19H,3,12-14H2,1-2H3. The molecule has 4 rings (SSSR count). The van der Waals surface area contributed by atoms with Gasteiger partial charge < -0.3 is 9.47 Å². The maximum Gasteiger partial charge on any atom is 0.326 e. The number of hydrogen-bond acceptors (Lipinski definition) is 8. The summed E-state index contributed by atoms with van der Waals surface area (Å²) in [7, 11) is 1.62. The normalized spacial score (nSPS) is 15.8. The molecule has 0 bridgehead atoms. The summed E-state index contributed by atoms with van der Waals surface area (Å²) in [5.41, 5.74) is 2.67. The second-order valence-electron chi connectivity index (χ2n) is 7.08. The fraction of sp³-hybridized carbons (Fsp3) is 0.304. The molecule has 1 unspecified atom stereocenters. The Bertz CT molecular complexity index is 1120. The van der Waals surface area contributed by atoms with Gasteiger partial charge in [0.2, 0.25) is 5.91 Å². The van der Waals surface area contributed by atoms with E-state index in [0.717, 1.165) is 34.0 Å². The van der Waals surface area contributed by atoms with Crippen LogP contribution in [0.1, 0.15) is 18.9 Å². The van der Waals surface area contributed by atoms with Gasteiger partial charge in [0.05, 0.1) is 24.5 Å². The fourth-order valence-electron chi connectivity index (χ4n) is 3.61. The van der Waals surface area contributed by atoms with Crippen LogP contribution in [0.25, 0.3) is 10.6 Å². The van der Waals surface area contributed by atoms with E-state index in [4.69, 9.17) is 9.47 Å². The number of ether oxygens (including phenoxy) is 2. The van der Waals surface area contributed by atoms with Gasteiger partial charge in [0.15, 0.2) is 9.35 Å². The second kappa shape index (κ2) is 10.1. The first-order valence-corrected chi connectivity index (χ1v) is 12.0. The first kappa shape index (κ1) is 22.3. The highest BCUT2D eigenvalue weighted by molar-refractivity contribution is 8.02. The number of aryl methyl sites for hydroxylation is 1. The summed E-state index contributed by atoms with van der Waals surface area (Å²) in [5, 5.41) is 8.97. The van der Waals surface area contributed by atoms with Gasteiger partial charge in [-0.3, -0.25) is 14.5 Å². The van der Waals surface area contributed by atoms with Gasteiger partial charge in [-0.2, -0.15) is 0 Å². The lowest BCUT2D eigenvalue weighted by Gasteiger charge is -2.24. The zero-order valence-electron chi connectivity index (χ0n) is 17.8. The number of methoxy groups -OCH3 is 1. The van der Waals surface area contributed by atoms with Crippen molar-refractivity contribution in [1.82, 2.24) is 10.2 Å². The summed E-state index contributed by atoms with van der Waals surface area (Å²) in [5.74, 6) is 0.180. The molecule has 1 amide bonds. The number of rotatable bonds is 7. The highest BCUT2D eigenvalue weighted by Gasteiger charge is 2.33. The molecule has 1 aliphatic heterocycles. The van der Waals surface area contributed by atoms with Crippen LogP contribution in [0.4, 0.5) is 5.69 Å². The van der Waals surface area contributed by atoms with E-state index in [2.05, 4.69) is 10.2 Å². The maximum atomic E-state index is 13.5. The largest absolute Gasteiger partial charge is 0.496 e. The van der Waals surface area contributed by atoms with E-state index in [-0.39, 0.29) is 24.3 Å². The number of thioether (sulfide) groups is 1. The molecular formula is C23H23N3O4S2. The highest BCUT2D eigenvalue weighted by Crippen LogP contribution is 2.39. The average Bonchev–Trinajstić information content (AvgIpc) is 3.24. The Morgan fingerprint density at radius 1 is 1.19 bits per heavy atom. The Balaban J connectivity index is 1.57. The zero-order valence-corrected chi connectivity index (χ0v) is 19.4. The number of carbonyl (C=O) groups is 2. The van der Waals surface area contributed by atoms with Crippen molar-refractivity contribution in [2.45, 2.75) is 29.4 Å². The molecule has 2 heterocycles. The third-order valence-electron chi connectivity index (χ3n) is 5.08. The summed E-state index contributed by atoms with van der Waals surface area (Å²) >= 11 is 2.81. The van der Waals surface area contributed by atoms with Gasteiger partial charge in [0.1, 0.15) is 12.3 Å². The van der Waals surface area contributed by atoms with Gasteiger partial charge in [0, 0.05) is 5.69 Å². The Kier molecular flexibility index (Phi) is 7.06. The van der Waals surface area contributed by atoms with Crippen LogP contribution in [-0.4, -0.2) is 47.6 Å². The van der Waals surface area contributed by atoms with Crippen molar-refractivity contribution >= 4 is 40.7 Å². The van der Waals surface area contributed by atoms with Crippen molar-refractivity contribution in [3.05, 3.63) is 54.1 Å². The smallest absolute Gasteiger partial charge is 0.326 e. The highest BCUT2D eigenvalue weighted by atomic mass is 32.2. The van der Waals surface area contributed by atoms with Crippen molar-refractivity contribution in [3.63, 3.8) is 0 Å². The molecule has 1 aliphatic rings. The molecule has 0 saturated carbocycles. The molecule has 1 atom stereocenters. The van der Waals surface area contributed by atoms with Crippen LogP contribution in [0.15, 0.2) is 52.9 Å². The van der Waals surface area contributed by atoms with Gasteiger partial charge in [0.25, 0.3) is 0 Å². The Morgan fingerprint density at radius 2 is 1.97 bits per heavy atom. The molecule has 0 spiro atoms. The van der Waals surface area contributed by atoms with Crippen LogP contribution in [0.2, 0.25) is 0 Å². The molecule has 7 nitrogen and oxygen atoms in total. The molecule has 166 valence electrons. The van der Waals surface area contributed by atoms with Crippen molar-refractivity contribution in [2.24, 2.45) is 0 Å². The summed E-state index contributed by atoms with van der Waals surface area (Å²) < 4.78 is 11.2. The SMILES string of the molecule is CCOC(=O)CN1C(=O)C(Sc2nnc(-c3ccccc3OC)s2)CCc2ccccc21. The molecular weight excluding hydrogens is 446 g/mol. The number of esters is 1. The predicted molar refractivity (Wildman–Crippen MR) is 125 cm³/mol. The number of anilines is 1. The summed E-state index contributed by atoms with van der Waals surface area (Å²) in [6.07, 6.45) is 1.38. The van der Waals surface area contributed by atoms with E-state index < -0.39 is 5.97 Å². The first-order chi connectivity index (χ1) is 15.6. The summed E-state index contributed by atoms with van der Waals surface area (Å²) in [6.45, 7) is 1.92. The predicted octanol–water partition coefficient (Wildman–Crippen LogP) is 4.22. The number of fused-ring (bicyclic) bond motifs is 1. The van der Waals surface area contributed by atoms with Crippen LogP contribution in [0.5, 0.6) is 5.75 Å². The van der Waals surface area contributed by atoms with E-state index in [9.17, 15) is 9.59 Å². The second-order valence-corrected chi connectivity index (χ2v) is 9.50. The minimum absolute atomic E-state index is 0.108. The molecule has 0 saturated heterocycles. The zero-order chi connectivity index (χ0) is 22.5. The van der Waals surface area contributed by atoms with Crippen molar-refractivity contribution in [1.29, 1.82) is 0 Å². The minimum Gasteiger partial charge on any atom is -0.496 e. The number of benzene rings is 2. The summed E-state index contributed by atoms with van der Waals surface area (Å²) in [6, 6.07) is 15.3. The molecule has 0 fully saturated rings. The van der Waals surface area contributed by atoms with Crippen LogP contribution in [-0.2, 0) is 20.7 Å². The van der Waals surface area contributed by atoms with Gasteiger partial charge in [-0.05, 0) is 43.5 Å². The third kappa shape index (κ3) is 4.78. The lowest BCUT2D eigenvalue weighted by atomic mass is 10.1. The van der Waals surface area contributed by atoms with Crippen LogP contribution in [0.3, 0.4) is 0 Å². The van der Waals surface area contributed by atoms with Crippen molar-refractivity contribution < 1.29 is 19.1 Å². The molecule has 0 radical (unpaired) electrons. The molecule has 3 aromatic rings. The molecule has 1 aromatic heterocycles. The third-order valence-corrected chi connectivity index (χ3v) is 7.37. The number of nitrogens with zero attached hydrogens (tertiary/aromatic N) is 3. The van der Waals surface area contributed by atoms with E-state index in [0.29, 0.717) is 10.8 Å². The Hall–Kier alpha value is -2.91.